The van der Waals surface area contributed by atoms with E-state index >= 15 is 0 Å². The van der Waals surface area contributed by atoms with E-state index < -0.39 is 15.7 Å². The van der Waals surface area contributed by atoms with Crippen LogP contribution in [0.2, 0.25) is 5.02 Å². The first kappa shape index (κ1) is 24.9. The molecule has 0 spiro atoms. The molecule has 10 heteroatoms. The van der Waals surface area contributed by atoms with Crippen LogP contribution in [0.4, 0.5) is 5.82 Å². The monoisotopic (exact) mass is 534 g/mol. The molecule has 0 bridgehead atoms. The topological polar surface area (TPSA) is 103 Å². The summed E-state index contributed by atoms with van der Waals surface area (Å²) in [5.74, 6) is -0.425. The molecule has 0 saturated carbocycles. The molecular formula is C27H23ClN4O4S. The molecule has 0 radical (unpaired) electrons. The standard InChI is InChI=1S/C27H23ClN4O4S/c1-17-7-13-20(14-8-17)37(34,35)24-23-25(30-22-6-4-3-5-21(22)29-23)32(15-16-36-2)26(24)31-27(33)18-9-11-19(28)12-10-18/h3-14H,15-16H2,1-2H3,(H,31,33). The normalized spacial score (nSPS) is 11.8. The molecule has 1 amide bonds. The Kier molecular flexibility index (Phi) is 6.68. The Hall–Kier alpha value is -3.79. The lowest BCUT2D eigenvalue weighted by Crippen LogP contribution is -2.18. The van der Waals surface area contributed by atoms with Gasteiger partial charge in [0, 0.05) is 24.2 Å². The maximum absolute atomic E-state index is 14.1. The first-order chi connectivity index (χ1) is 17.8. The van der Waals surface area contributed by atoms with Crippen LogP contribution in [0, 0.1) is 6.92 Å². The number of fused-ring (bicyclic) bond motifs is 2. The second-order valence-electron chi connectivity index (χ2n) is 8.48. The molecule has 0 fully saturated rings. The van der Waals surface area contributed by atoms with Gasteiger partial charge in [0.05, 0.1) is 22.5 Å². The third-order valence-corrected chi connectivity index (χ3v) is 8.03. The van der Waals surface area contributed by atoms with Crippen LogP contribution < -0.4 is 5.32 Å². The second kappa shape index (κ2) is 9.93. The molecular weight excluding hydrogens is 512 g/mol. The van der Waals surface area contributed by atoms with Crippen LogP contribution in [0.5, 0.6) is 0 Å². The highest BCUT2D eigenvalue weighted by molar-refractivity contribution is 7.92. The summed E-state index contributed by atoms with van der Waals surface area (Å²) in [4.78, 5) is 22.7. The smallest absolute Gasteiger partial charge is 0.256 e. The highest BCUT2D eigenvalue weighted by Crippen LogP contribution is 2.37. The fraction of sp³-hybridized carbons (Fsp3) is 0.148. The van der Waals surface area contributed by atoms with Gasteiger partial charge < -0.3 is 14.6 Å². The number of hydrogen-bond acceptors (Lipinski definition) is 6. The third kappa shape index (κ3) is 4.69. The Bertz CT molecular complexity index is 1730. The quantitative estimate of drug-likeness (QED) is 0.305. The van der Waals surface area contributed by atoms with Gasteiger partial charge in [0.1, 0.15) is 16.2 Å². The predicted molar refractivity (Wildman–Crippen MR) is 143 cm³/mol. The lowest BCUT2D eigenvalue weighted by Gasteiger charge is -2.13. The molecule has 5 aromatic rings. The lowest BCUT2D eigenvalue weighted by molar-refractivity contribution is 0.102. The molecule has 37 heavy (non-hydrogen) atoms. The average molecular weight is 535 g/mol. The maximum atomic E-state index is 14.1. The number of hydrogen-bond donors (Lipinski definition) is 1. The van der Waals surface area contributed by atoms with E-state index in [4.69, 9.17) is 26.3 Å². The van der Waals surface area contributed by atoms with Crippen molar-refractivity contribution in [3.63, 3.8) is 0 Å². The molecule has 2 heterocycles. The maximum Gasteiger partial charge on any atom is 0.256 e. The average Bonchev–Trinajstić information content (AvgIpc) is 3.18. The number of methoxy groups -OCH3 is 1. The summed E-state index contributed by atoms with van der Waals surface area (Å²) in [6.07, 6.45) is 0. The number of ether oxygens (including phenoxy) is 1. The zero-order valence-electron chi connectivity index (χ0n) is 20.1. The van der Waals surface area contributed by atoms with E-state index in [1.807, 2.05) is 19.1 Å². The van der Waals surface area contributed by atoms with E-state index in [0.717, 1.165) is 5.56 Å². The zero-order chi connectivity index (χ0) is 26.2. The number of para-hydroxylation sites is 2. The van der Waals surface area contributed by atoms with Crippen LogP contribution in [-0.2, 0) is 21.1 Å². The number of halogens is 1. The Morgan fingerprint density at radius 1 is 0.973 bits per heavy atom. The third-order valence-electron chi connectivity index (χ3n) is 5.97. The molecule has 188 valence electrons. The van der Waals surface area contributed by atoms with Crippen LogP contribution in [0.1, 0.15) is 15.9 Å². The van der Waals surface area contributed by atoms with E-state index in [1.165, 1.54) is 0 Å². The van der Waals surface area contributed by atoms with Crippen molar-refractivity contribution in [3.05, 3.63) is 88.9 Å². The van der Waals surface area contributed by atoms with Crippen molar-refractivity contribution in [2.24, 2.45) is 0 Å². The molecule has 1 N–H and O–H groups in total. The SMILES string of the molecule is COCCn1c(NC(=O)c2ccc(Cl)cc2)c(S(=O)(=O)c2ccc(C)cc2)c2nc3ccccc3nc21. The van der Waals surface area contributed by atoms with Gasteiger partial charge in [-0.1, -0.05) is 41.4 Å². The fourth-order valence-electron chi connectivity index (χ4n) is 4.07. The van der Waals surface area contributed by atoms with Crippen molar-refractivity contribution < 1.29 is 17.9 Å². The minimum Gasteiger partial charge on any atom is -0.383 e. The molecule has 0 unspecified atom stereocenters. The summed E-state index contributed by atoms with van der Waals surface area (Å²) in [7, 11) is -2.58. The number of aryl methyl sites for hydroxylation is 1. The highest BCUT2D eigenvalue weighted by atomic mass is 35.5. The van der Waals surface area contributed by atoms with Gasteiger partial charge in [0.25, 0.3) is 5.91 Å². The fourth-order valence-corrected chi connectivity index (χ4v) is 5.73. The second-order valence-corrected chi connectivity index (χ2v) is 10.8. The van der Waals surface area contributed by atoms with Gasteiger partial charge in [0.2, 0.25) is 9.84 Å². The number of nitrogens with one attached hydrogen (secondary N) is 1. The summed E-state index contributed by atoms with van der Waals surface area (Å²) in [5, 5.41) is 3.30. The first-order valence-corrected chi connectivity index (χ1v) is 13.3. The number of carbonyl (C=O) groups excluding carboxylic acids is 1. The van der Waals surface area contributed by atoms with Gasteiger partial charge in [-0.05, 0) is 55.5 Å². The first-order valence-electron chi connectivity index (χ1n) is 11.5. The van der Waals surface area contributed by atoms with Gasteiger partial charge in [-0.15, -0.1) is 0 Å². The summed E-state index contributed by atoms with van der Waals surface area (Å²) in [6.45, 7) is 2.37. The molecule has 8 nitrogen and oxygen atoms in total. The number of anilines is 1. The molecule has 0 atom stereocenters. The van der Waals surface area contributed by atoms with Crippen molar-refractivity contribution in [3.8, 4) is 0 Å². The van der Waals surface area contributed by atoms with Crippen LogP contribution in [0.15, 0.2) is 82.6 Å². The van der Waals surface area contributed by atoms with Crippen LogP contribution in [-0.4, -0.2) is 42.6 Å². The van der Waals surface area contributed by atoms with Crippen molar-refractivity contribution in [1.29, 1.82) is 0 Å². The number of benzene rings is 3. The van der Waals surface area contributed by atoms with E-state index in [1.54, 1.807) is 72.3 Å². The largest absolute Gasteiger partial charge is 0.383 e. The van der Waals surface area contributed by atoms with E-state index in [-0.39, 0.29) is 34.3 Å². The van der Waals surface area contributed by atoms with Crippen molar-refractivity contribution in [2.45, 2.75) is 23.3 Å². The molecule has 5 rings (SSSR count). The van der Waals surface area contributed by atoms with Gasteiger partial charge in [0.15, 0.2) is 5.65 Å². The number of nitrogens with zero attached hydrogens (tertiary/aromatic N) is 3. The molecule has 0 saturated heterocycles. The summed E-state index contributed by atoms with van der Waals surface area (Å²) < 4.78 is 35.1. The van der Waals surface area contributed by atoms with Crippen molar-refractivity contribution in [1.82, 2.24) is 14.5 Å². The number of rotatable bonds is 7. The predicted octanol–water partition coefficient (Wildman–Crippen LogP) is 5.28. The van der Waals surface area contributed by atoms with Gasteiger partial charge >= 0.3 is 0 Å². The Balaban J connectivity index is 1.80. The summed E-state index contributed by atoms with van der Waals surface area (Å²) in [6, 6.07) is 20.1. The number of sulfone groups is 1. The molecule has 3 aromatic carbocycles. The van der Waals surface area contributed by atoms with Crippen LogP contribution >= 0.6 is 11.6 Å². The Morgan fingerprint density at radius 3 is 2.27 bits per heavy atom. The van der Waals surface area contributed by atoms with E-state index in [9.17, 15) is 13.2 Å². The van der Waals surface area contributed by atoms with E-state index in [2.05, 4.69) is 5.32 Å². The van der Waals surface area contributed by atoms with Crippen molar-refractivity contribution >= 4 is 55.4 Å². The summed E-state index contributed by atoms with van der Waals surface area (Å²) >= 11 is 5.98. The number of aromatic nitrogens is 3. The Morgan fingerprint density at radius 2 is 1.62 bits per heavy atom. The highest BCUT2D eigenvalue weighted by Gasteiger charge is 2.32. The van der Waals surface area contributed by atoms with Gasteiger partial charge in [-0.2, -0.15) is 0 Å². The van der Waals surface area contributed by atoms with E-state index in [0.29, 0.717) is 27.3 Å². The molecule has 2 aromatic heterocycles. The minimum absolute atomic E-state index is 0.0721. The lowest BCUT2D eigenvalue weighted by atomic mass is 10.2. The number of amides is 1. The number of carbonyl (C=O) groups is 1. The molecule has 0 aliphatic heterocycles. The zero-order valence-corrected chi connectivity index (χ0v) is 21.7. The van der Waals surface area contributed by atoms with Gasteiger partial charge in [-0.3, -0.25) is 4.79 Å². The Labute approximate surface area is 218 Å². The molecule has 0 aliphatic rings. The van der Waals surface area contributed by atoms with Gasteiger partial charge in [-0.25, -0.2) is 18.4 Å². The minimum atomic E-state index is -4.12. The van der Waals surface area contributed by atoms with Crippen molar-refractivity contribution in [2.75, 3.05) is 19.0 Å². The molecule has 0 aliphatic carbocycles. The summed E-state index contributed by atoms with van der Waals surface area (Å²) in [5.41, 5.74) is 2.87. The van der Waals surface area contributed by atoms with Crippen LogP contribution in [0.25, 0.3) is 22.2 Å². The van der Waals surface area contributed by atoms with Crippen LogP contribution in [0.3, 0.4) is 0 Å².